The number of carbonyl (C=O) groups excluding carboxylic acids is 2. The van der Waals surface area contributed by atoms with Crippen molar-refractivity contribution in [3.8, 4) is 28.1 Å². The molecule has 324 valence electrons. The average Bonchev–Trinajstić information content (AvgIpc) is 3.99. The first-order valence-corrected chi connectivity index (χ1v) is 22.5. The van der Waals surface area contributed by atoms with Crippen LogP contribution in [0.3, 0.4) is 0 Å². The fourth-order valence-electron chi connectivity index (χ4n) is 8.99. The topological polar surface area (TPSA) is 149 Å². The summed E-state index contributed by atoms with van der Waals surface area (Å²) in [6, 6.07) is 13.9. The predicted molar refractivity (Wildman–Crippen MR) is 228 cm³/mol. The van der Waals surface area contributed by atoms with Gasteiger partial charge in [0.1, 0.15) is 23.0 Å². The number of nitrogens with one attached hydrogen (secondary N) is 2. The highest BCUT2D eigenvalue weighted by molar-refractivity contribution is 7.90. The van der Waals surface area contributed by atoms with Crippen molar-refractivity contribution in [3.05, 3.63) is 102 Å². The van der Waals surface area contributed by atoms with Gasteiger partial charge in [-0.05, 0) is 86.1 Å². The maximum Gasteiger partial charge on any atom is 0.301 e. The molecule has 9 rings (SSSR count). The lowest BCUT2D eigenvalue weighted by Crippen LogP contribution is -2.49. The Morgan fingerprint density at radius 2 is 1.56 bits per heavy atom. The molecule has 3 aromatic heterocycles. The summed E-state index contributed by atoms with van der Waals surface area (Å²) in [5.74, 6) is -1.80. The zero-order valence-electron chi connectivity index (χ0n) is 34.0. The largest absolute Gasteiger partial charge is 0.369 e. The third kappa shape index (κ3) is 8.76. The van der Waals surface area contributed by atoms with Gasteiger partial charge in [-0.25, -0.2) is 22.8 Å². The first kappa shape index (κ1) is 41.5. The zero-order chi connectivity index (χ0) is 43.0. The SMILES string of the molecule is O=C1CC[C@H](c2ccc(N3CCC(CN4CCN(c5ccc(-n6cc(-c7cc(F)cc(NS(=O)(=O)N8CCCC8)c7F)c(-c7ccncc7)n6)c(F)c5)CC4)CC3)nc2)C(=O)N1. The van der Waals surface area contributed by atoms with Crippen molar-refractivity contribution in [2.24, 2.45) is 5.92 Å². The quantitative estimate of drug-likeness (QED) is 0.158. The highest BCUT2D eigenvalue weighted by Crippen LogP contribution is 2.38. The maximum absolute atomic E-state index is 16.3. The second-order valence-corrected chi connectivity index (χ2v) is 18.1. The Labute approximate surface area is 357 Å². The second-order valence-electron chi connectivity index (χ2n) is 16.4. The molecule has 0 saturated carbocycles. The summed E-state index contributed by atoms with van der Waals surface area (Å²) in [6.07, 6.45) is 10.5. The van der Waals surface area contributed by atoms with Gasteiger partial charge in [0.15, 0.2) is 11.6 Å². The normalized spacial score (nSPS) is 19.6. The molecule has 4 aliphatic heterocycles. The number of imide groups is 1. The molecule has 2 amide bonds. The molecule has 0 radical (unpaired) electrons. The molecule has 2 aromatic carbocycles. The van der Waals surface area contributed by atoms with Crippen LogP contribution in [0, 0.1) is 23.4 Å². The molecule has 5 aromatic rings. The lowest BCUT2D eigenvalue weighted by Gasteiger charge is -2.40. The lowest BCUT2D eigenvalue weighted by atomic mass is 9.91. The molecule has 62 heavy (non-hydrogen) atoms. The van der Waals surface area contributed by atoms with Crippen LogP contribution >= 0.6 is 0 Å². The Morgan fingerprint density at radius 1 is 0.806 bits per heavy atom. The van der Waals surface area contributed by atoms with E-state index in [0.29, 0.717) is 37.2 Å². The van der Waals surface area contributed by atoms with Crippen molar-refractivity contribution in [2.75, 3.05) is 73.4 Å². The number of hydrogen-bond donors (Lipinski definition) is 2. The van der Waals surface area contributed by atoms with E-state index in [2.05, 4.69) is 39.8 Å². The van der Waals surface area contributed by atoms with Gasteiger partial charge in [-0.1, -0.05) is 6.07 Å². The van der Waals surface area contributed by atoms with E-state index in [9.17, 15) is 18.0 Å². The van der Waals surface area contributed by atoms with Gasteiger partial charge >= 0.3 is 10.2 Å². The van der Waals surface area contributed by atoms with Crippen molar-refractivity contribution in [2.45, 2.75) is 44.4 Å². The highest BCUT2D eigenvalue weighted by atomic mass is 32.2. The monoisotopic (exact) mass is 868 g/mol. The van der Waals surface area contributed by atoms with Crippen LogP contribution in [-0.2, 0) is 19.8 Å². The van der Waals surface area contributed by atoms with Gasteiger partial charge in [0.05, 0.1) is 11.6 Å². The number of anilines is 3. The maximum atomic E-state index is 16.3. The van der Waals surface area contributed by atoms with Gasteiger partial charge in [0.25, 0.3) is 0 Å². The van der Waals surface area contributed by atoms with Crippen LogP contribution < -0.4 is 19.8 Å². The third-order valence-electron chi connectivity index (χ3n) is 12.4. The van der Waals surface area contributed by atoms with Crippen molar-refractivity contribution in [3.63, 3.8) is 0 Å². The Kier molecular flexibility index (Phi) is 11.7. The van der Waals surface area contributed by atoms with Crippen LogP contribution in [0.5, 0.6) is 0 Å². The fourth-order valence-corrected chi connectivity index (χ4v) is 10.3. The molecule has 0 unspecified atom stereocenters. The van der Waals surface area contributed by atoms with Gasteiger partial charge in [-0.3, -0.25) is 29.5 Å². The van der Waals surface area contributed by atoms with Gasteiger partial charge in [-0.2, -0.15) is 17.8 Å². The van der Waals surface area contributed by atoms with Crippen LogP contribution in [0.25, 0.3) is 28.1 Å². The number of aromatic nitrogens is 4. The molecule has 1 atom stereocenters. The molecule has 0 aliphatic carbocycles. The molecule has 0 bridgehead atoms. The summed E-state index contributed by atoms with van der Waals surface area (Å²) in [6.45, 7) is 6.45. The molecule has 0 spiro atoms. The number of amides is 2. The number of pyridine rings is 2. The van der Waals surface area contributed by atoms with Crippen LogP contribution in [-0.4, -0.2) is 108 Å². The standard InChI is InChI=1S/C44H47F3N10O4S/c45-32-23-35(42(47)38(24-32)52-62(60,61)56-15-1-2-16-56)36-28-57(51-43(36)30-9-13-48-14-10-30)39-6-4-33(25-37(39)46)54-21-19-53(20-22-54)27-29-11-17-55(18-12-29)40-7-3-31(26-49-40)34-5-8-41(58)50-44(34)59/h3-4,6-7,9-10,13-14,23-26,28-29,34,52H,1-2,5,8,11-12,15-22,27H2,(H,50,58,59)/t34-/m1/s1. The Bertz CT molecular complexity index is 2560. The molecular weight excluding hydrogens is 822 g/mol. The number of benzene rings is 2. The van der Waals surface area contributed by atoms with Crippen LogP contribution in [0.2, 0.25) is 0 Å². The summed E-state index contributed by atoms with van der Waals surface area (Å²) in [5.41, 5.74) is 1.77. The highest BCUT2D eigenvalue weighted by Gasteiger charge is 2.31. The molecule has 4 aliphatic rings. The van der Waals surface area contributed by atoms with Crippen molar-refractivity contribution in [1.82, 2.24) is 34.3 Å². The van der Waals surface area contributed by atoms with Gasteiger partial charge in [-0.15, -0.1) is 0 Å². The van der Waals surface area contributed by atoms with Gasteiger partial charge in [0, 0.05) is 119 Å². The summed E-state index contributed by atoms with van der Waals surface area (Å²) in [4.78, 5) is 39.4. The van der Waals surface area contributed by atoms with Gasteiger partial charge in [0.2, 0.25) is 11.8 Å². The van der Waals surface area contributed by atoms with Crippen LogP contribution in [0.1, 0.15) is 50.0 Å². The Balaban J connectivity index is 0.840. The van der Waals surface area contributed by atoms with E-state index >= 15 is 13.2 Å². The molecule has 7 heterocycles. The predicted octanol–water partition coefficient (Wildman–Crippen LogP) is 5.72. The molecule has 4 saturated heterocycles. The van der Waals surface area contributed by atoms with E-state index in [-0.39, 0.29) is 53.3 Å². The first-order chi connectivity index (χ1) is 30.0. The van der Waals surface area contributed by atoms with E-state index in [1.54, 1.807) is 24.4 Å². The molecular formula is C44H47F3N10O4S. The van der Waals surface area contributed by atoms with Gasteiger partial charge < -0.3 is 9.80 Å². The van der Waals surface area contributed by atoms with E-state index in [4.69, 9.17) is 0 Å². The summed E-state index contributed by atoms with van der Waals surface area (Å²) < 4.78 is 78.2. The molecule has 18 heteroatoms. The third-order valence-corrected chi connectivity index (χ3v) is 13.9. The van der Waals surface area contributed by atoms with Crippen LogP contribution in [0.15, 0.2) is 79.4 Å². The number of piperazine rings is 1. The fraction of sp³-hybridized carbons (Fsp3) is 0.386. The van der Waals surface area contributed by atoms with E-state index in [1.807, 2.05) is 18.2 Å². The Morgan fingerprint density at radius 3 is 2.26 bits per heavy atom. The Hall–Kier alpha value is -5.85. The second kappa shape index (κ2) is 17.5. The zero-order valence-corrected chi connectivity index (χ0v) is 34.8. The first-order valence-electron chi connectivity index (χ1n) is 21.1. The van der Waals surface area contributed by atoms with Crippen LogP contribution in [0.4, 0.5) is 30.4 Å². The number of hydrogen-bond acceptors (Lipinski definition) is 10. The van der Waals surface area contributed by atoms with Crippen molar-refractivity contribution >= 4 is 39.2 Å². The minimum Gasteiger partial charge on any atom is -0.369 e. The lowest BCUT2D eigenvalue weighted by molar-refractivity contribution is -0.134. The van der Waals surface area contributed by atoms with Crippen molar-refractivity contribution < 1.29 is 31.2 Å². The minimum atomic E-state index is -4.12. The van der Waals surface area contributed by atoms with E-state index in [1.165, 1.54) is 33.6 Å². The average molecular weight is 869 g/mol. The van der Waals surface area contributed by atoms with Crippen molar-refractivity contribution in [1.29, 1.82) is 0 Å². The number of carbonyl (C=O) groups is 2. The van der Waals surface area contributed by atoms with E-state index in [0.717, 1.165) is 87.9 Å². The smallest absolute Gasteiger partial charge is 0.301 e. The number of nitrogens with zero attached hydrogens (tertiary/aromatic N) is 8. The number of piperidine rings is 2. The van der Waals surface area contributed by atoms with E-state index < -0.39 is 33.3 Å². The minimum absolute atomic E-state index is 0.104. The number of halogens is 3. The molecule has 4 fully saturated rings. The molecule has 2 N–H and O–H groups in total. The summed E-state index contributed by atoms with van der Waals surface area (Å²) in [7, 11) is -4.12. The number of rotatable bonds is 11. The molecule has 14 nitrogen and oxygen atoms in total. The summed E-state index contributed by atoms with van der Waals surface area (Å²) in [5, 5.41) is 7.06. The summed E-state index contributed by atoms with van der Waals surface area (Å²) >= 11 is 0.